The van der Waals surface area contributed by atoms with Crippen LogP contribution < -0.4 is 0 Å². The van der Waals surface area contributed by atoms with E-state index in [-0.39, 0.29) is 96.2 Å². The van der Waals surface area contributed by atoms with E-state index in [0.717, 1.165) is 4.57 Å². The zero-order valence-corrected chi connectivity index (χ0v) is 77.9. The fraction of sp³-hybridized carbons (Fsp3) is 0.657. The van der Waals surface area contributed by atoms with E-state index in [9.17, 15) is 43.2 Å². The Morgan fingerprint density at radius 2 is 0.546 bits per heavy atom. The number of cyclic esters (lactones) is 9. The van der Waals surface area contributed by atoms with Gasteiger partial charge in [-0.25, -0.2) is 44.9 Å². The van der Waals surface area contributed by atoms with Crippen LogP contribution in [0.15, 0.2) is 74.6 Å². The van der Waals surface area contributed by atoms with Crippen molar-refractivity contribution in [1.82, 2.24) is 86.0 Å². The molecule has 9 aliphatic heterocycles. The van der Waals surface area contributed by atoms with Gasteiger partial charge in [0, 0.05) is 305 Å². The van der Waals surface area contributed by atoms with Gasteiger partial charge in [-0.15, -0.1) is 0 Å². The summed E-state index contributed by atoms with van der Waals surface area (Å²) >= 11 is 0. The van der Waals surface area contributed by atoms with Gasteiger partial charge in [-0.05, 0) is 157 Å². The third-order valence-electron chi connectivity index (χ3n) is 22.1. The van der Waals surface area contributed by atoms with Gasteiger partial charge in [-0.2, -0.15) is 0 Å². The lowest BCUT2D eigenvalue weighted by molar-refractivity contribution is -0.142. The molecule has 0 radical (unpaired) electrons. The molecule has 36 heteroatoms. The van der Waals surface area contributed by atoms with Crippen LogP contribution in [0, 0.1) is 148 Å². The number of hydrogen-bond donors (Lipinski definition) is 0. The Balaban J connectivity index is 0.000000243. The predicted octanol–water partition coefficient (Wildman–Crippen LogP) is 12.3. The van der Waals surface area contributed by atoms with E-state index in [2.05, 4.69) is 73.3 Å². The lowest BCUT2D eigenvalue weighted by Gasteiger charge is -2.13. The molecule has 36 nitrogen and oxygen atoms in total. The third-order valence-corrected chi connectivity index (χ3v) is 22.1. The maximum absolute atomic E-state index is 12.3. The zero-order valence-electron chi connectivity index (χ0n) is 156. The quantitative estimate of drug-likeness (QED) is 0.0341. The summed E-state index contributed by atoms with van der Waals surface area (Å²) in [4.78, 5) is 143. The summed E-state index contributed by atoms with van der Waals surface area (Å²) in [5.41, 5.74) is -0.456. The molecule has 0 amide bonds. The van der Waals surface area contributed by atoms with Crippen LogP contribution in [0.4, 0.5) is 0 Å². The lowest BCUT2D eigenvalue weighted by atomic mass is 9.89. The average molecular weight is 2040 g/mol. The number of esters is 9. The molecule has 0 N–H and O–H groups in total. The van der Waals surface area contributed by atoms with Crippen LogP contribution in [0.2, 0.25) is 0 Å². The Labute approximate surface area is 940 Å². The molecule has 18 atom stereocenters. The molecule has 0 saturated carbocycles. The minimum absolute atomic E-state index is 0.00114. The van der Waals surface area contributed by atoms with Crippen molar-refractivity contribution in [3.8, 4) is 0 Å². The molecule has 0 spiro atoms. The van der Waals surface area contributed by atoms with Crippen LogP contribution in [0.3, 0.4) is 0 Å². The molecule has 774 valence electrons. The Bertz CT molecular complexity index is 9400. The number of ether oxygens (including phenoxy) is 9. The predicted molar refractivity (Wildman–Crippen MR) is 525 cm³/mol. The van der Waals surface area contributed by atoms with Crippen molar-refractivity contribution in [2.45, 2.75) is 218 Å². The first-order valence-corrected chi connectivity index (χ1v) is 42.2. The normalized spacial score (nSPS) is 43.3. The highest BCUT2D eigenvalue weighted by atomic mass is 16.6. The van der Waals surface area contributed by atoms with Crippen molar-refractivity contribution in [2.75, 3.05) is 59.2 Å². The fourth-order valence-electron chi connectivity index (χ4n) is 13.2. The number of hydrogen-bond acceptors (Lipinski definition) is 27. The Hall–Kier alpha value is -11.9. The first-order valence-electron chi connectivity index (χ1n) is 81.2. The van der Waals surface area contributed by atoms with E-state index < -0.39 is 421 Å². The minimum atomic E-state index is -3.75. The molecule has 0 aromatic carbocycles. The van der Waals surface area contributed by atoms with Gasteiger partial charge in [0.05, 0.1) is 156 Å². The van der Waals surface area contributed by atoms with Crippen LogP contribution in [0.5, 0.6) is 0 Å². The van der Waals surface area contributed by atoms with Crippen LogP contribution in [-0.2, 0) is 207 Å². The number of imidazole rings is 9. The maximum atomic E-state index is 12.3. The van der Waals surface area contributed by atoms with Gasteiger partial charge >= 0.3 is 53.7 Å². The van der Waals surface area contributed by atoms with Gasteiger partial charge in [-0.3, -0.25) is 43.2 Å². The van der Waals surface area contributed by atoms with E-state index in [0.29, 0.717) is 32.3 Å². The molecule has 18 heterocycles. The second-order valence-electron chi connectivity index (χ2n) is 31.0. The van der Waals surface area contributed by atoms with Crippen LogP contribution in [0.1, 0.15) is 312 Å². The van der Waals surface area contributed by atoms with Gasteiger partial charge in [0.1, 0.15) is 34.9 Å². The zero-order chi connectivity index (χ0) is 171. The average Bonchev–Trinajstić information content (AvgIpc) is 1.51. The van der Waals surface area contributed by atoms with Crippen molar-refractivity contribution in [1.29, 1.82) is 0 Å². The molecule has 9 aliphatic rings. The fourth-order valence-corrected chi connectivity index (χ4v) is 13.2. The lowest BCUT2D eigenvalue weighted by Crippen LogP contribution is -2.18. The highest BCUT2D eigenvalue weighted by Gasteiger charge is 2.44. The molecule has 18 rings (SSSR count). The first kappa shape index (κ1) is 45.4. The van der Waals surface area contributed by atoms with Gasteiger partial charge in [0.15, 0.2) is 0 Å². The highest BCUT2D eigenvalue weighted by molar-refractivity contribution is 5.78. The molecule has 141 heavy (non-hydrogen) atoms. The van der Waals surface area contributed by atoms with Crippen molar-refractivity contribution in [3.05, 3.63) is 161 Å². The van der Waals surface area contributed by atoms with Gasteiger partial charge in [0.2, 0.25) is 0 Å². The van der Waals surface area contributed by atoms with E-state index in [1.165, 1.54) is 99.8 Å². The van der Waals surface area contributed by atoms with Crippen molar-refractivity contribution < 1.29 is 193 Å². The molecule has 9 aromatic rings. The third kappa shape index (κ3) is 28.6. The largest absolute Gasteiger partial charge is 0.465 e. The summed E-state index contributed by atoms with van der Waals surface area (Å²) < 4.78 is 657. The second-order valence-corrected chi connectivity index (χ2v) is 31.0. The molecule has 9 saturated heterocycles. The molecule has 9 fully saturated rings. The molecular weight excluding hydrogens is 1800 g/mol. The van der Waals surface area contributed by atoms with Gasteiger partial charge < -0.3 is 83.7 Å². The van der Waals surface area contributed by atoms with E-state index in [1.54, 1.807) is 49.0 Å². The molecular formula is C105H156N18O18. The van der Waals surface area contributed by atoms with Crippen LogP contribution in [-0.4, -0.2) is 199 Å². The highest BCUT2D eigenvalue weighted by Crippen LogP contribution is 2.37. The Morgan fingerprint density at radius 3 is 0.865 bits per heavy atom. The minimum Gasteiger partial charge on any atom is -0.465 e. The Morgan fingerprint density at radius 1 is 0.298 bits per heavy atom. The maximum Gasteiger partial charge on any atom is 0.309 e. The van der Waals surface area contributed by atoms with E-state index in [1.807, 2.05) is 0 Å². The smallest absolute Gasteiger partial charge is 0.309 e. The summed E-state index contributed by atoms with van der Waals surface area (Å²) in [5, 5.41) is 0. The number of nitrogens with zero attached hydrogens (tertiary/aromatic N) is 18. The number of carbonyl (C=O) groups excluding carboxylic acids is 9. The summed E-state index contributed by atoms with van der Waals surface area (Å²) in [6, 6.07) is 0. The van der Waals surface area contributed by atoms with E-state index >= 15 is 0 Å². The van der Waals surface area contributed by atoms with Crippen LogP contribution >= 0.6 is 0 Å². The molecule has 9 aromatic heterocycles. The van der Waals surface area contributed by atoms with Crippen LogP contribution in [0.25, 0.3) is 0 Å². The summed E-state index contributed by atoms with van der Waals surface area (Å²) in [6.07, 6.45) is -20.7. The number of aromatic nitrogens is 18. The first-order chi connectivity index (χ1) is 97.3. The number of aryl methyl sites for hydroxylation is 9. The number of rotatable bonds is 27. The summed E-state index contributed by atoms with van der Waals surface area (Å²) in [5.74, 6) is -52.3. The van der Waals surface area contributed by atoms with E-state index in [4.69, 9.17) is 121 Å². The molecule has 0 bridgehead atoms. The van der Waals surface area contributed by atoms with Crippen molar-refractivity contribution >= 4 is 53.7 Å². The Kier molecular flexibility index (Phi) is 17.0. The SMILES string of the molecule is [2H]C([2H])([2H])C[C@@H]1C(=O)OC[C@@H]1C([2H])([2H])c1cncn1C.[2H]C([2H])([2H])C[C@]1([2H])C(=O)OC[C@@H]1C([2H])([2H])c1cncn1C.[2H]C([2H])(c1cncn1C)[C@H]1COC(=O)[C@@]1([2H])C([2H])([2H])C([2H])([2H])[2H].[2H]c1nc(C)n(C([2H])([2H])[2H])c1C[C@@]1([2H])C([2H])([2H])OC(=O)[C@@]1([2H])C([2H])([2H])C([2H])([2H])[2H].[2H]c1nc(C)n(C([2H])([2H])[2H])c1C[C@@]1([2H])C([2H])([2H])OC(=O)[C@@]1([2H])CC([2H])([2H])[2H].[2H]c1nc(C)n(C([2H])([2H])[2H])c1C[C@]1([2H])[C@H](CC([2H])([2H])[2H])C(=O)OC1([2H])[2H].[2H]c1nc(C)n(C)c1C[C@@]1([2H])C([2H])([2H])OC(=O)[C@@]1([2H])C([2H])([2H])C([2H])([2H])[2H].[2H]c1nc(C)n(C)c1C[C@@]1([2H])C([2H])([2H])OC(=O)[C@@]1([2H])CC([2H])([2H])[2H].[2H]c1nc(C)n(C)c1C[C@]1([2H])[C@H](CC([2H])([2H])[2H])C(=O)OC1([2H])[2H]. The molecule has 0 aliphatic carbocycles. The summed E-state index contributed by atoms with van der Waals surface area (Å²) in [7, 11) is 9.38. The van der Waals surface area contributed by atoms with Crippen molar-refractivity contribution in [2.24, 2.45) is 169 Å². The van der Waals surface area contributed by atoms with Gasteiger partial charge in [0.25, 0.3) is 0 Å². The monoisotopic (exact) mass is 2040 g/mol. The standard InChI is InChI=1S/6C12H18N2O2.3C11H16N2O2/c6*1-4-11-9(7-16-12(11)15)5-10-6-13-8(2)14(10)3;3*1-3-10-8(6-15-11(10)14)4-9-5-12-7-13(9)2/h6*6,9,11H,4-5,7H2,1-3H3;3*5,7-8,10H,3-4,6H2,1-2H3/t6*9-,11-;3*8-,10-/m000000000/s1/i1D3,3D3,4D2,6D,7D2,9D,11D;1D3,4D2,6D,7D2,9D,11D;1D3,3D3,6D,7D2,9D,11D;1D3,6D,7D2,9D,11D;1D3,3D3,6D,7D2,9D;1D3,6D,7D2,9D;1D3,3D2,4D2,10D;1D3,4D2,10D;1D3,4D2. The second kappa shape index (κ2) is 52.7. The van der Waals surface area contributed by atoms with Gasteiger partial charge in [-0.1, -0.05) is 61.7 Å². The van der Waals surface area contributed by atoms with Crippen molar-refractivity contribution in [3.63, 3.8) is 0 Å². The number of carbonyl (C=O) groups is 9. The summed E-state index contributed by atoms with van der Waals surface area (Å²) in [6.45, 7) is -44.7. The molecule has 0 unspecified atom stereocenters. The topological polar surface area (TPSA) is 397 Å².